The number of furan rings is 1. The molecule has 0 saturated carbocycles. The first kappa shape index (κ1) is 17.7. The Bertz CT molecular complexity index is 852. The maximum atomic E-state index is 12.8. The number of hydrogen-bond acceptors (Lipinski definition) is 3. The lowest BCUT2D eigenvalue weighted by atomic mass is 10.1. The first-order valence-electron chi connectivity index (χ1n) is 8.61. The van der Waals surface area contributed by atoms with Crippen molar-refractivity contribution in [3.8, 4) is 0 Å². The maximum Gasteiger partial charge on any atom is 0.227 e. The Balaban J connectivity index is 1.72. The van der Waals surface area contributed by atoms with Crippen molar-refractivity contribution in [3.05, 3.63) is 89.9 Å². The standard InChI is InChI=1S/C22H21NO3/c1-17-9-11-19(12-10-17)23(16-20-8-5-15-26-20)22(25)14-13-21(24)18-6-3-2-4-7-18/h2-12,15H,13-14,16H2,1H3. The Kier molecular flexibility index (Phi) is 5.64. The molecule has 0 aliphatic heterocycles. The van der Waals surface area contributed by atoms with Crippen LogP contribution in [0.1, 0.15) is 34.5 Å². The Morgan fingerprint density at radius 2 is 1.62 bits per heavy atom. The Morgan fingerprint density at radius 3 is 2.27 bits per heavy atom. The van der Waals surface area contributed by atoms with Crippen molar-refractivity contribution in [2.45, 2.75) is 26.3 Å². The number of benzene rings is 2. The molecule has 0 saturated heterocycles. The van der Waals surface area contributed by atoms with Gasteiger partial charge in [-0.05, 0) is 31.2 Å². The van der Waals surface area contributed by atoms with Crippen LogP contribution in [0.25, 0.3) is 0 Å². The van der Waals surface area contributed by atoms with Gasteiger partial charge in [0.05, 0.1) is 12.8 Å². The zero-order chi connectivity index (χ0) is 18.4. The normalized spacial score (nSPS) is 10.5. The number of anilines is 1. The number of aryl methyl sites for hydroxylation is 1. The van der Waals surface area contributed by atoms with E-state index in [-0.39, 0.29) is 24.5 Å². The largest absolute Gasteiger partial charge is 0.467 e. The third-order valence-electron chi connectivity index (χ3n) is 4.20. The highest BCUT2D eigenvalue weighted by molar-refractivity contribution is 6.00. The number of carbonyl (C=O) groups is 2. The molecule has 0 atom stereocenters. The average molecular weight is 347 g/mol. The number of nitrogens with zero attached hydrogens (tertiary/aromatic N) is 1. The lowest BCUT2D eigenvalue weighted by Crippen LogP contribution is -2.30. The third kappa shape index (κ3) is 4.48. The minimum absolute atomic E-state index is 0.0270. The number of carbonyl (C=O) groups excluding carboxylic acids is 2. The maximum absolute atomic E-state index is 12.8. The Morgan fingerprint density at radius 1 is 0.885 bits per heavy atom. The SMILES string of the molecule is Cc1ccc(N(Cc2ccco2)C(=O)CCC(=O)c2ccccc2)cc1. The predicted molar refractivity (Wildman–Crippen MR) is 101 cm³/mol. The van der Waals surface area contributed by atoms with E-state index in [1.807, 2.05) is 55.5 Å². The summed E-state index contributed by atoms with van der Waals surface area (Å²) in [6, 6.07) is 20.4. The van der Waals surface area contributed by atoms with Gasteiger partial charge < -0.3 is 9.32 Å². The van der Waals surface area contributed by atoms with Crippen molar-refractivity contribution in [2.75, 3.05) is 4.90 Å². The number of Topliss-reactive ketones (excluding diaryl/α,β-unsaturated/α-hetero) is 1. The van der Waals surface area contributed by atoms with E-state index in [4.69, 9.17) is 4.42 Å². The van der Waals surface area contributed by atoms with Crippen LogP contribution in [0.2, 0.25) is 0 Å². The molecule has 3 aromatic rings. The minimum Gasteiger partial charge on any atom is -0.467 e. The first-order valence-corrected chi connectivity index (χ1v) is 8.61. The zero-order valence-corrected chi connectivity index (χ0v) is 14.7. The van der Waals surface area contributed by atoms with Crippen molar-refractivity contribution in [2.24, 2.45) is 0 Å². The number of ketones is 1. The summed E-state index contributed by atoms with van der Waals surface area (Å²) in [6.45, 7) is 2.34. The van der Waals surface area contributed by atoms with Gasteiger partial charge in [0.1, 0.15) is 5.76 Å². The molecule has 2 aromatic carbocycles. The molecule has 0 aliphatic rings. The second-order valence-electron chi connectivity index (χ2n) is 6.18. The molecule has 0 fully saturated rings. The van der Waals surface area contributed by atoms with E-state index in [1.54, 1.807) is 29.4 Å². The van der Waals surface area contributed by atoms with Crippen LogP contribution >= 0.6 is 0 Å². The van der Waals surface area contributed by atoms with Crippen molar-refractivity contribution in [1.82, 2.24) is 0 Å². The van der Waals surface area contributed by atoms with Gasteiger partial charge in [0.15, 0.2) is 5.78 Å². The fourth-order valence-electron chi connectivity index (χ4n) is 2.73. The summed E-state index contributed by atoms with van der Waals surface area (Å²) < 4.78 is 5.39. The van der Waals surface area contributed by atoms with Crippen LogP contribution in [0, 0.1) is 6.92 Å². The fraction of sp³-hybridized carbons (Fsp3) is 0.182. The van der Waals surface area contributed by atoms with E-state index in [9.17, 15) is 9.59 Å². The van der Waals surface area contributed by atoms with Crippen LogP contribution in [0.4, 0.5) is 5.69 Å². The number of amides is 1. The molecule has 4 nitrogen and oxygen atoms in total. The lowest BCUT2D eigenvalue weighted by Gasteiger charge is -2.22. The highest BCUT2D eigenvalue weighted by atomic mass is 16.3. The van der Waals surface area contributed by atoms with Gasteiger partial charge in [0, 0.05) is 24.1 Å². The molecule has 1 amide bonds. The highest BCUT2D eigenvalue weighted by Gasteiger charge is 2.19. The van der Waals surface area contributed by atoms with Gasteiger partial charge >= 0.3 is 0 Å². The average Bonchev–Trinajstić information content (AvgIpc) is 3.19. The molecule has 0 unspecified atom stereocenters. The summed E-state index contributed by atoms with van der Waals surface area (Å²) in [4.78, 5) is 26.8. The van der Waals surface area contributed by atoms with Crippen LogP contribution in [-0.4, -0.2) is 11.7 Å². The van der Waals surface area contributed by atoms with E-state index < -0.39 is 0 Å². The second-order valence-corrected chi connectivity index (χ2v) is 6.18. The molecule has 0 spiro atoms. The summed E-state index contributed by atoms with van der Waals surface area (Å²) in [5.74, 6) is 0.573. The van der Waals surface area contributed by atoms with Gasteiger partial charge in [-0.15, -0.1) is 0 Å². The van der Waals surface area contributed by atoms with E-state index >= 15 is 0 Å². The van der Waals surface area contributed by atoms with Crippen molar-refractivity contribution in [3.63, 3.8) is 0 Å². The van der Waals surface area contributed by atoms with E-state index in [2.05, 4.69) is 0 Å². The molecule has 1 aromatic heterocycles. The monoisotopic (exact) mass is 347 g/mol. The predicted octanol–water partition coefficient (Wildman–Crippen LogP) is 4.78. The van der Waals surface area contributed by atoms with E-state index in [1.165, 1.54) is 0 Å². The van der Waals surface area contributed by atoms with Crippen LogP contribution in [0.5, 0.6) is 0 Å². The Labute approximate surface area is 153 Å². The third-order valence-corrected chi connectivity index (χ3v) is 4.20. The molecule has 26 heavy (non-hydrogen) atoms. The molecule has 0 aliphatic carbocycles. The molecule has 0 radical (unpaired) electrons. The van der Waals surface area contributed by atoms with Crippen LogP contribution in [0.15, 0.2) is 77.4 Å². The molecular formula is C22H21NO3. The summed E-state index contributed by atoms with van der Waals surface area (Å²) in [7, 11) is 0. The first-order chi connectivity index (χ1) is 12.6. The molecule has 0 N–H and O–H groups in total. The number of rotatable bonds is 7. The van der Waals surface area contributed by atoms with Gasteiger partial charge in [-0.3, -0.25) is 9.59 Å². The zero-order valence-electron chi connectivity index (χ0n) is 14.7. The van der Waals surface area contributed by atoms with Gasteiger partial charge in [0.25, 0.3) is 0 Å². The molecular weight excluding hydrogens is 326 g/mol. The van der Waals surface area contributed by atoms with E-state index in [0.29, 0.717) is 17.9 Å². The van der Waals surface area contributed by atoms with Gasteiger partial charge in [0.2, 0.25) is 5.91 Å². The van der Waals surface area contributed by atoms with Crippen molar-refractivity contribution in [1.29, 1.82) is 0 Å². The summed E-state index contributed by atoms with van der Waals surface area (Å²) in [6.07, 6.45) is 1.93. The summed E-state index contributed by atoms with van der Waals surface area (Å²) >= 11 is 0. The topological polar surface area (TPSA) is 50.5 Å². The lowest BCUT2D eigenvalue weighted by molar-refractivity contribution is -0.118. The summed E-state index contributed by atoms with van der Waals surface area (Å²) in [5.41, 5.74) is 2.55. The van der Waals surface area contributed by atoms with Crippen LogP contribution < -0.4 is 4.90 Å². The van der Waals surface area contributed by atoms with Crippen LogP contribution in [-0.2, 0) is 11.3 Å². The Hall–Kier alpha value is -3.14. The molecule has 0 bridgehead atoms. The smallest absolute Gasteiger partial charge is 0.227 e. The quantitative estimate of drug-likeness (QED) is 0.578. The van der Waals surface area contributed by atoms with Crippen molar-refractivity contribution < 1.29 is 14.0 Å². The summed E-state index contributed by atoms with van der Waals surface area (Å²) in [5, 5.41) is 0. The van der Waals surface area contributed by atoms with Crippen molar-refractivity contribution >= 4 is 17.4 Å². The number of hydrogen-bond donors (Lipinski definition) is 0. The molecule has 132 valence electrons. The van der Waals surface area contributed by atoms with E-state index in [0.717, 1.165) is 11.3 Å². The van der Waals surface area contributed by atoms with Gasteiger partial charge in [-0.2, -0.15) is 0 Å². The molecule has 4 heteroatoms. The van der Waals surface area contributed by atoms with Gasteiger partial charge in [-0.25, -0.2) is 0 Å². The fourth-order valence-corrected chi connectivity index (χ4v) is 2.73. The highest BCUT2D eigenvalue weighted by Crippen LogP contribution is 2.20. The molecule has 1 heterocycles. The minimum atomic E-state index is -0.102. The van der Waals surface area contributed by atoms with Crippen LogP contribution in [0.3, 0.4) is 0 Å². The van der Waals surface area contributed by atoms with Gasteiger partial charge in [-0.1, -0.05) is 48.0 Å². The molecule has 3 rings (SSSR count). The second kappa shape index (κ2) is 8.30.